The molecule has 3 aromatic rings. The molecule has 10 nitrogen and oxygen atoms in total. The third kappa shape index (κ3) is 6.52. The van der Waals surface area contributed by atoms with Gasteiger partial charge < -0.3 is 14.5 Å². The van der Waals surface area contributed by atoms with Crippen LogP contribution in [0, 0.1) is 6.92 Å². The van der Waals surface area contributed by atoms with Gasteiger partial charge in [0.15, 0.2) is 5.13 Å². The average Bonchev–Trinajstić information content (AvgIpc) is 3.33. The third-order valence-corrected chi connectivity index (χ3v) is 9.55. The summed E-state index contributed by atoms with van der Waals surface area (Å²) in [5, 5.41) is 1.17. The summed E-state index contributed by atoms with van der Waals surface area (Å²) >= 11 is 7.62. The SMILES string of the molecule is CCOC(=O)N1CCN(S(=O)(=O)c2ccc(C(=O)N(CCN(C)C)c3nc4c(C)cc(Cl)cc4s3)cc2)CC1. The van der Waals surface area contributed by atoms with Gasteiger partial charge in [0, 0.05) is 49.9 Å². The van der Waals surface area contributed by atoms with Gasteiger partial charge in [0.2, 0.25) is 10.0 Å². The van der Waals surface area contributed by atoms with Crippen LogP contribution in [0.1, 0.15) is 22.8 Å². The maximum atomic E-state index is 13.6. The number of anilines is 1. The van der Waals surface area contributed by atoms with E-state index in [1.165, 1.54) is 44.8 Å². The zero-order chi connectivity index (χ0) is 28.3. The molecule has 1 aliphatic rings. The van der Waals surface area contributed by atoms with Crippen LogP contribution in [-0.2, 0) is 14.8 Å². The van der Waals surface area contributed by atoms with E-state index >= 15 is 0 Å². The fraction of sp³-hybridized carbons (Fsp3) is 0.423. The van der Waals surface area contributed by atoms with E-state index in [0.717, 1.165) is 15.8 Å². The van der Waals surface area contributed by atoms with Crippen LogP contribution in [0.25, 0.3) is 10.2 Å². The van der Waals surface area contributed by atoms with Crippen LogP contribution in [0.4, 0.5) is 9.93 Å². The highest BCUT2D eigenvalue weighted by molar-refractivity contribution is 7.89. The average molecular weight is 594 g/mol. The van der Waals surface area contributed by atoms with Crippen LogP contribution in [0.15, 0.2) is 41.3 Å². The van der Waals surface area contributed by atoms with E-state index in [2.05, 4.69) is 0 Å². The van der Waals surface area contributed by atoms with Gasteiger partial charge in [-0.3, -0.25) is 9.69 Å². The molecule has 2 amide bonds. The van der Waals surface area contributed by atoms with Gasteiger partial charge in [-0.1, -0.05) is 22.9 Å². The summed E-state index contributed by atoms with van der Waals surface area (Å²) in [6.07, 6.45) is -0.442. The zero-order valence-electron chi connectivity index (χ0n) is 22.4. The Morgan fingerprint density at radius 1 is 1.08 bits per heavy atom. The molecule has 1 aromatic heterocycles. The number of aromatic nitrogens is 1. The Balaban J connectivity index is 1.54. The largest absolute Gasteiger partial charge is 0.450 e. The van der Waals surface area contributed by atoms with E-state index < -0.39 is 16.1 Å². The predicted octanol–water partition coefficient (Wildman–Crippen LogP) is 3.93. The summed E-state index contributed by atoms with van der Waals surface area (Å²) in [5.41, 5.74) is 2.08. The van der Waals surface area contributed by atoms with Crippen LogP contribution in [0.2, 0.25) is 5.02 Å². The standard InChI is InChI=1S/C26H32ClN5O5S2/c1-5-37-26(34)30-11-13-31(14-12-30)39(35,36)21-8-6-19(7-9-21)24(33)32(15-10-29(3)4)25-28-23-18(2)16-20(27)17-22(23)38-25/h6-9,16-17H,5,10-15H2,1-4H3. The Labute approximate surface area is 237 Å². The highest BCUT2D eigenvalue weighted by atomic mass is 35.5. The van der Waals surface area contributed by atoms with E-state index in [9.17, 15) is 18.0 Å². The number of carbonyl (C=O) groups is 2. The van der Waals surface area contributed by atoms with Crippen LogP contribution in [-0.4, -0.2) is 99.5 Å². The van der Waals surface area contributed by atoms with Crippen molar-refractivity contribution in [3.05, 3.63) is 52.5 Å². The minimum atomic E-state index is -3.79. The summed E-state index contributed by atoms with van der Waals surface area (Å²) in [6, 6.07) is 9.64. The quantitative estimate of drug-likeness (QED) is 0.390. The van der Waals surface area contributed by atoms with Crippen LogP contribution < -0.4 is 4.90 Å². The highest BCUT2D eigenvalue weighted by Gasteiger charge is 2.31. The van der Waals surface area contributed by atoms with Gasteiger partial charge in [0.05, 0.1) is 21.7 Å². The number of fused-ring (bicyclic) bond motifs is 1. The molecule has 0 spiro atoms. The second-order valence-corrected chi connectivity index (χ2v) is 12.8. The topological polar surface area (TPSA) is 103 Å². The monoisotopic (exact) mass is 593 g/mol. The molecular formula is C26H32ClN5O5S2. The number of carbonyl (C=O) groups excluding carboxylic acids is 2. The molecule has 4 rings (SSSR count). The van der Waals surface area contributed by atoms with Gasteiger partial charge >= 0.3 is 6.09 Å². The minimum Gasteiger partial charge on any atom is -0.450 e. The minimum absolute atomic E-state index is 0.0914. The smallest absolute Gasteiger partial charge is 0.409 e. The van der Waals surface area contributed by atoms with Crippen molar-refractivity contribution in [2.24, 2.45) is 0 Å². The second-order valence-electron chi connectivity index (χ2n) is 9.44. The van der Waals surface area contributed by atoms with Crippen molar-refractivity contribution in [1.29, 1.82) is 0 Å². The fourth-order valence-electron chi connectivity index (χ4n) is 4.24. The molecule has 1 saturated heterocycles. The number of hydrogen-bond acceptors (Lipinski definition) is 8. The number of sulfonamides is 1. The Bertz CT molecular complexity index is 1450. The molecule has 210 valence electrons. The number of aryl methyl sites for hydroxylation is 1. The fourth-order valence-corrected chi connectivity index (χ4v) is 7.11. The number of nitrogens with zero attached hydrogens (tertiary/aromatic N) is 5. The number of amides is 2. The Morgan fingerprint density at radius 2 is 1.74 bits per heavy atom. The van der Waals surface area contributed by atoms with Crippen molar-refractivity contribution in [2.45, 2.75) is 18.7 Å². The number of ether oxygens (including phenoxy) is 1. The van der Waals surface area contributed by atoms with Crippen molar-refractivity contribution in [2.75, 3.05) is 64.9 Å². The molecular weight excluding hydrogens is 562 g/mol. The van der Waals surface area contributed by atoms with Gasteiger partial charge in [-0.05, 0) is 69.9 Å². The first kappa shape index (κ1) is 29.2. The van der Waals surface area contributed by atoms with E-state index in [4.69, 9.17) is 21.3 Å². The van der Waals surface area contributed by atoms with Gasteiger partial charge in [0.25, 0.3) is 5.91 Å². The first-order valence-corrected chi connectivity index (χ1v) is 15.2. The van der Waals surface area contributed by atoms with E-state index in [-0.39, 0.29) is 43.6 Å². The van der Waals surface area contributed by atoms with Crippen LogP contribution in [0.3, 0.4) is 0 Å². The van der Waals surface area contributed by atoms with Gasteiger partial charge in [0.1, 0.15) is 0 Å². The maximum absolute atomic E-state index is 13.6. The van der Waals surface area contributed by atoms with Crippen molar-refractivity contribution < 1.29 is 22.7 Å². The maximum Gasteiger partial charge on any atom is 0.409 e. The molecule has 0 unspecified atom stereocenters. The number of halogens is 1. The number of piperazine rings is 1. The Kier molecular flexibility index (Phi) is 9.12. The molecule has 0 bridgehead atoms. The van der Waals surface area contributed by atoms with E-state index in [1.807, 2.05) is 38.1 Å². The molecule has 2 aromatic carbocycles. The third-order valence-electron chi connectivity index (χ3n) is 6.39. The molecule has 0 N–H and O–H groups in total. The molecule has 0 saturated carbocycles. The second kappa shape index (κ2) is 12.2. The molecule has 2 heterocycles. The number of rotatable bonds is 8. The molecule has 0 atom stereocenters. The van der Waals surface area contributed by atoms with Gasteiger partial charge in [-0.25, -0.2) is 18.2 Å². The summed E-state index contributed by atoms with van der Waals surface area (Å²) in [4.78, 5) is 35.5. The lowest BCUT2D eigenvalue weighted by molar-refractivity contribution is 0.0933. The predicted molar refractivity (Wildman–Crippen MR) is 153 cm³/mol. The first-order chi connectivity index (χ1) is 18.5. The number of hydrogen-bond donors (Lipinski definition) is 0. The van der Waals surface area contributed by atoms with E-state index in [1.54, 1.807) is 11.8 Å². The molecule has 1 aliphatic heterocycles. The van der Waals surface area contributed by atoms with Crippen molar-refractivity contribution >= 4 is 60.3 Å². The van der Waals surface area contributed by atoms with Gasteiger partial charge in [-0.15, -0.1) is 0 Å². The van der Waals surface area contributed by atoms with E-state index in [0.29, 0.717) is 28.8 Å². The zero-order valence-corrected chi connectivity index (χ0v) is 24.8. The van der Waals surface area contributed by atoms with Crippen molar-refractivity contribution in [3.8, 4) is 0 Å². The molecule has 1 fully saturated rings. The molecule has 0 aliphatic carbocycles. The normalized spacial score (nSPS) is 14.7. The molecule has 13 heteroatoms. The van der Waals surface area contributed by atoms with Crippen LogP contribution >= 0.6 is 22.9 Å². The molecule has 0 radical (unpaired) electrons. The lowest BCUT2D eigenvalue weighted by Gasteiger charge is -2.33. The van der Waals surface area contributed by atoms with Crippen molar-refractivity contribution in [1.82, 2.24) is 19.1 Å². The number of benzene rings is 2. The Hall–Kier alpha value is -2.77. The lowest BCUT2D eigenvalue weighted by Crippen LogP contribution is -2.50. The molecule has 39 heavy (non-hydrogen) atoms. The lowest BCUT2D eigenvalue weighted by atomic mass is 10.2. The summed E-state index contributed by atoms with van der Waals surface area (Å²) in [5.74, 6) is -0.272. The van der Waals surface area contributed by atoms with Crippen molar-refractivity contribution in [3.63, 3.8) is 0 Å². The number of likely N-dealkylation sites (N-methyl/N-ethyl adjacent to an activating group) is 1. The Morgan fingerprint density at radius 3 is 2.36 bits per heavy atom. The first-order valence-electron chi connectivity index (χ1n) is 12.6. The van der Waals surface area contributed by atoms with Crippen LogP contribution in [0.5, 0.6) is 0 Å². The summed E-state index contributed by atoms with van der Waals surface area (Å²) in [6.45, 7) is 5.79. The highest BCUT2D eigenvalue weighted by Crippen LogP contribution is 2.33. The summed E-state index contributed by atoms with van der Waals surface area (Å²) < 4.78 is 33.7. The van der Waals surface area contributed by atoms with Gasteiger partial charge in [-0.2, -0.15) is 4.31 Å². The summed E-state index contributed by atoms with van der Waals surface area (Å²) in [7, 11) is 0.0696. The number of thiazole rings is 1.